The third kappa shape index (κ3) is 3.54. The first-order chi connectivity index (χ1) is 12.6. The van der Waals surface area contributed by atoms with Crippen molar-refractivity contribution in [1.82, 2.24) is 14.8 Å². The van der Waals surface area contributed by atoms with Crippen molar-refractivity contribution in [2.24, 2.45) is 0 Å². The molecule has 2 aliphatic heterocycles. The molecule has 2 aromatic rings. The fraction of sp³-hybridized carbons (Fsp3) is 0.500. The van der Waals surface area contributed by atoms with Crippen LogP contribution in [0.15, 0.2) is 48.7 Å². The van der Waals surface area contributed by atoms with Crippen LogP contribution in [0.4, 0.5) is 0 Å². The summed E-state index contributed by atoms with van der Waals surface area (Å²) in [5.74, 6) is 0. The molecule has 0 radical (unpaired) electrons. The summed E-state index contributed by atoms with van der Waals surface area (Å²) in [5.41, 5.74) is 2.61. The molecule has 0 unspecified atom stereocenters. The number of rotatable bonds is 4. The molecule has 26 heavy (non-hydrogen) atoms. The zero-order valence-corrected chi connectivity index (χ0v) is 15.6. The molecule has 2 saturated heterocycles. The first-order valence-electron chi connectivity index (χ1n) is 9.81. The van der Waals surface area contributed by atoms with Gasteiger partial charge in [-0.05, 0) is 56.5 Å². The van der Waals surface area contributed by atoms with Gasteiger partial charge in [-0.3, -0.25) is 14.8 Å². The monoisotopic (exact) mass is 351 g/mol. The van der Waals surface area contributed by atoms with Crippen molar-refractivity contribution in [3.05, 3.63) is 65.5 Å². The van der Waals surface area contributed by atoms with Crippen molar-refractivity contribution < 1.29 is 5.11 Å². The van der Waals surface area contributed by atoms with Gasteiger partial charge in [0, 0.05) is 25.8 Å². The van der Waals surface area contributed by atoms with Gasteiger partial charge < -0.3 is 5.11 Å². The minimum Gasteiger partial charge on any atom is -0.383 e. The maximum atomic E-state index is 11.7. The molecule has 0 aliphatic carbocycles. The van der Waals surface area contributed by atoms with Crippen LogP contribution < -0.4 is 0 Å². The number of hydrogen-bond acceptors (Lipinski definition) is 4. The van der Waals surface area contributed by atoms with Crippen molar-refractivity contribution in [2.45, 2.75) is 44.4 Å². The second-order valence-corrected chi connectivity index (χ2v) is 7.86. The first kappa shape index (κ1) is 17.7. The summed E-state index contributed by atoms with van der Waals surface area (Å²) in [6.07, 6.45) is 5.18. The number of pyridine rings is 1. The van der Waals surface area contributed by atoms with Gasteiger partial charge in [-0.25, -0.2) is 0 Å². The number of hydrogen-bond donors (Lipinski definition) is 1. The minimum atomic E-state index is -0.761. The van der Waals surface area contributed by atoms with E-state index in [9.17, 15) is 5.11 Å². The Balaban J connectivity index is 1.55. The van der Waals surface area contributed by atoms with Gasteiger partial charge in [-0.2, -0.15) is 0 Å². The SMILES string of the molecule is Cc1ccc(CN2CC[C@](O)(c3ccccc3)[C@H](N3CCCC3)C2)nc1. The van der Waals surface area contributed by atoms with Crippen LogP contribution in [-0.4, -0.2) is 52.1 Å². The molecule has 0 bridgehead atoms. The Hall–Kier alpha value is -1.75. The van der Waals surface area contributed by atoms with Crippen LogP contribution in [0.1, 0.15) is 36.1 Å². The molecule has 2 fully saturated rings. The lowest BCUT2D eigenvalue weighted by Gasteiger charge is -2.48. The Morgan fingerprint density at radius 3 is 2.54 bits per heavy atom. The molecular formula is C22H29N3O. The molecule has 0 spiro atoms. The summed E-state index contributed by atoms with van der Waals surface area (Å²) >= 11 is 0. The van der Waals surface area contributed by atoms with E-state index in [1.54, 1.807) is 0 Å². The van der Waals surface area contributed by atoms with Crippen molar-refractivity contribution >= 4 is 0 Å². The molecule has 0 amide bonds. The standard InChI is InChI=1S/C22H29N3O/c1-18-9-10-20(23-15-18)16-24-14-11-22(26,19-7-3-2-4-8-19)21(17-24)25-12-5-6-13-25/h2-4,7-10,15,21,26H,5-6,11-14,16-17H2,1H3/t21-,22+/m1/s1. The molecular weight excluding hydrogens is 322 g/mol. The Morgan fingerprint density at radius 2 is 1.85 bits per heavy atom. The predicted molar refractivity (Wildman–Crippen MR) is 104 cm³/mol. The number of benzene rings is 1. The van der Waals surface area contributed by atoms with Crippen molar-refractivity contribution in [1.29, 1.82) is 0 Å². The van der Waals surface area contributed by atoms with E-state index >= 15 is 0 Å². The summed E-state index contributed by atoms with van der Waals surface area (Å²) in [4.78, 5) is 9.53. The predicted octanol–water partition coefficient (Wildman–Crippen LogP) is 2.95. The number of aromatic nitrogens is 1. The molecule has 1 aromatic carbocycles. The minimum absolute atomic E-state index is 0.145. The highest BCUT2D eigenvalue weighted by Gasteiger charge is 2.46. The van der Waals surface area contributed by atoms with E-state index in [0.29, 0.717) is 0 Å². The molecule has 3 heterocycles. The number of likely N-dealkylation sites (tertiary alicyclic amines) is 2. The van der Waals surface area contributed by atoms with Crippen LogP contribution in [0.25, 0.3) is 0 Å². The van der Waals surface area contributed by atoms with E-state index in [2.05, 4.69) is 46.0 Å². The molecule has 2 atom stereocenters. The smallest absolute Gasteiger partial charge is 0.108 e. The second kappa shape index (κ2) is 7.47. The van der Waals surface area contributed by atoms with E-state index in [0.717, 1.165) is 50.4 Å². The normalized spacial score (nSPS) is 27.7. The molecule has 4 heteroatoms. The van der Waals surface area contributed by atoms with E-state index in [1.165, 1.54) is 18.4 Å². The topological polar surface area (TPSA) is 39.6 Å². The Labute approximate surface area is 156 Å². The van der Waals surface area contributed by atoms with Crippen LogP contribution >= 0.6 is 0 Å². The highest BCUT2D eigenvalue weighted by atomic mass is 16.3. The summed E-state index contributed by atoms with van der Waals surface area (Å²) in [6.45, 7) is 6.90. The summed E-state index contributed by atoms with van der Waals surface area (Å²) < 4.78 is 0. The maximum Gasteiger partial charge on any atom is 0.108 e. The molecule has 2 aliphatic rings. The Morgan fingerprint density at radius 1 is 1.08 bits per heavy atom. The van der Waals surface area contributed by atoms with Gasteiger partial charge in [0.15, 0.2) is 0 Å². The van der Waals surface area contributed by atoms with Gasteiger partial charge in [-0.1, -0.05) is 36.4 Å². The lowest BCUT2D eigenvalue weighted by Crippen LogP contribution is -2.60. The van der Waals surface area contributed by atoms with E-state index in [1.807, 2.05) is 24.4 Å². The van der Waals surface area contributed by atoms with Gasteiger partial charge >= 0.3 is 0 Å². The number of aryl methyl sites for hydroxylation is 1. The van der Waals surface area contributed by atoms with E-state index < -0.39 is 5.60 Å². The molecule has 1 aromatic heterocycles. The van der Waals surface area contributed by atoms with Crippen LogP contribution in [0, 0.1) is 6.92 Å². The average Bonchev–Trinajstić information content (AvgIpc) is 3.20. The quantitative estimate of drug-likeness (QED) is 0.919. The zero-order chi connectivity index (χ0) is 18.0. The highest BCUT2D eigenvalue weighted by molar-refractivity contribution is 5.26. The number of aliphatic hydroxyl groups is 1. The first-order valence-corrected chi connectivity index (χ1v) is 9.81. The molecule has 4 nitrogen and oxygen atoms in total. The van der Waals surface area contributed by atoms with Gasteiger partial charge in [-0.15, -0.1) is 0 Å². The van der Waals surface area contributed by atoms with Crippen molar-refractivity contribution in [2.75, 3.05) is 26.2 Å². The molecule has 4 rings (SSSR count). The lowest BCUT2D eigenvalue weighted by atomic mass is 9.79. The van der Waals surface area contributed by atoms with Crippen LogP contribution in [0.5, 0.6) is 0 Å². The van der Waals surface area contributed by atoms with Gasteiger partial charge in [0.25, 0.3) is 0 Å². The maximum absolute atomic E-state index is 11.7. The van der Waals surface area contributed by atoms with E-state index in [-0.39, 0.29) is 6.04 Å². The van der Waals surface area contributed by atoms with E-state index in [4.69, 9.17) is 0 Å². The van der Waals surface area contributed by atoms with Crippen LogP contribution in [-0.2, 0) is 12.1 Å². The molecule has 138 valence electrons. The summed E-state index contributed by atoms with van der Waals surface area (Å²) in [6, 6.07) is 14.7. The van der Waals surface area contributed by atoms with Gasteiger partial charge in [0.2, 0.25) is 0 Å². The third-order valence-corrected chi connectivity index (χ3v) is 6.00. The number of piperidine rings is 1. The third-order valence-electron chi connectivity index (χ3n) is 6.00. The van der Waals surface area contributed by atoms with Gasteiger partial charge in [0.05, 0.1) is 11.7 Å². The number of nitrogens with zero attached hydrogens (tertiary/aromatic N) is 3. The molecule has 1 N–H and O–H groups in total. The lowest BCUT2D eigenvalue weighted by molar-refractivity contribution is -0.0960. The average molecular weight is 351 g/mol. The highest BCUT2D eigenvalue weighted by Crippen LogP contribution is 2.37. The second-order valence-electron chi connectivity index (χ2n) is 7.86. The Kier molecular flexibility index (Phi) is 5.07. The van der Waals surface area contributed by atoms with Gasteiger partial charge in [0.1, 0.15) is 5.60 Å². The largest absolute Gasteiger partial charge is 0.383 e. The fourth-order valence-electron chi connectivity index (χ4n) is 4.48. The summed E-state index contributed by atoms with van der Waals surface area (Å²) in [7, 11) is 0. The Bertz CT molecular complexity index is 712. The zero-order valence-electron chi connectivity index (χ0n) is 15.6. The van der Waals surface area contributed by atoms with Crippen LogP contribution in [0.3, 0.4) is 0 Å². The van der Waals surface area contributed by atoms with Crippen LogP contribution in [0.2, 0.25) is 0 Å². The summed E-state index contributed by atoms with van der Waals surface area (Å²) in [5, 5.41) is 11.7. The van der Waals surface area contributed by atoms with Crippen molar-refractivity contribution in [3.63, 3.8) is 0 Å². The fourth-order valence-corrected chi connectivity index (χ4v) is 4.48. The van der Waals surface area contributed by atoms with Crippen molar-refractivity contribution in [3.8, 4) is 0 Å². The molecule has 0 saturated carbocycles.